The molecule has 12 nitrogen and oxygen atoms in total. The highest BCUT2D eigenvalue weighted by atomic mass is 16.5. The zero-order valence-electron chi connectivity index (χ0n) is 21.4. The molecule has 5 aromatic rings. The Morgan fingerprint density at radius 1 is 0.974 bits per heavy atom. The topological polar surface area (TPSA) is 138 Å². The number of carbonyl (C=O) groups excluding carboxylic acids is 1. The van der Waals surface area contributed by atoms with Gasteiger partial charge in [0.1, 0.15) is 18.0 Å². The number of hydrogen-bond donors (Lipinski definition) is 2. The Labute approximate surface area is 218 Å². The van der Waals surface area contributed by atoms with Gasteiger partial charge in [-0.3, -0.25) is 9.48 Å². The second-order valence-electron chi connectivity index (χ2n) is 8.48. The molecule has 5 aromatic heterocycles. The smallest absolute Gasteiger partial charge is 0.185 e. The average molecular weight is 511 g/mol. The van der Waals surface area contributed by atoms with Crippen LogP contribution in [0.3, 0.4) is 0 Å². The van der Waals surface area contributed by atoms with Crippen LogP contribution in [0.2, 0.25) is 0 Å². The molecule has 0 fully saturated rings. The normalized spacial score (nSPS) is 10.8. The van der Waals surface area contributed by atoms with E-state index in [0.29, 0.717) is 52.3 Å². The van der Waals surface area contributed by atoms with Crippen molar-refractivity contribution in [1.29, 1.82) is 0 Å². The average Bonchev–Trinajstić information content (AvgIpc) is 3.57. The zero-order chi connectivity index (χ0) is 26.6. The van der Waals surface area contributed by atoms with Gasteiger partial charge in [0.15, 0.2) is 23.2 Å². The van der Waals surface area contributed by atoms with Crippen molar-refractivity contribution >= 4 is 28.9 Å². The van der Waals surface area contributed by atoms with Crippen LogP contribution in [0.4, 0.5) is 23.1 Å². The van der Waals surface area contributed by atoms with Gasteiger partial charge in [0.25, 0.3) is 0 Å². The first-order valence-electron chi connectivity index (χ1n) is 11.9. The quantitative estimate of drug-likeness (QED) is 0.278. The highest BCUT2D eigenvalue weighted by molar-refractivity contribution is 6.02. The first-order chi connectivity index (χ1) is 18.4. The number of anilines is 4. The lowest BCUT2D eigenvalue weighted by atomic mass is 10.1. The highest BCUT2D eigenvalue weighted by Crippen LogP contribution is 2.36. The van der Waals surface area contributed by atoms with E-state index in [1.54, 1.807) is 62.9 Å². The van der Waals surface area contributed by atoms with E-state index in [4.69, 9.17) is 4.74 Å². The van der Waals surface area contributed by atoms with Gasteiger partial charge in [-0.25, -0.2) is 24.9 Å². The molecular formula is C26H26N10O2. The molecular weight excluding hydrogens is 484 g/mol. The van der Waals surface area contributed by atoms with Crippen LogP contribution in [-0.2, 0) is 14.1 Å². The monoisotopic (exact) mass is 510 g/mol. The van der Waals surface area contributed by atoms with E-state index in [9.17, 15) is 4.79 Å². The molecule has 0 amide bonds. The van der Waals surface area contributed by atoms with E-state index < -0.39 is 0 Å². The molecule has 5 rings (SSSR count). The number of ketones is 1. The summed E-state index contributed by atoms with van der Waals surface area (Å²) in [5.41, 5.74) is 3.36. The second-order valence-corrected chi connectivity index (χ2v) is 8.48. The minimum atomic E-state index is -0.0640. The minimum Gasteiger partial charge on any atom is -0.492 e. The first-order valence-corrected chi connectivity index (χ1v) is 11.9. The van der Waals surface area contributed by atoms with Crippen LogP contribution in [0, 0.1) is 0 Å². The van der Waals surface area contributed by atoms with Gasteiger partial charge >= 0.3 is 0 Å². The molecule has 0 spiro atoms. The fourth-order valence-corrected chi connectivity index (χ4v) is 3.86. The Hall–Kier alpha value is -5.13. The van der Waals surface area contributed by atoms with Crippen LogP contribution in [0.5, 0.6) is 5.75 Å². The van der Waals surface area contributed by atoms with Crippen molar-refractivity contribution in [2.45, 2.75) is 13.3 Å². The van der Waals surface area contributed by atoms with Gasteiger partial charge in [-0.2, -0.15) is 5.10 Å². The summed E-state index contributed by atoms with van der Waals surface area (Å²) in [4.78, 5) is 34.8. The number of Topliss-reactive ketones (excluding diaryl/α,β-unsaturated/α-hetero) is 1. The van der Waals surface area contributed by atoms with Gasteiger partial charge in [-0.1, -0.05) is 6.92 Å². The molecule has 0 aromatic carbocycles. The lowest BCUT2D eigenvalue weighted by molar-refractivity contribution is 0.0988. The fourth-order valence-electron chi connectivity index (χ4n) is 3.86. The van der Waals surface area contributed by atoms with Gasteiger partial charge < -0.3 is 19.9 Å². The third-order valence-corrected chi connectivity index (χ3v) is 5.75. The number of hydrogen-bond acceptors (Lipinski definition) is 10. The molecule has 0 bridgehead atoms. The maximum absolute atomic E-state index is 12.7. The van der Waals surface area contributed by atoms with E-state index in [1.807, 2.05) is 29.9 Å². The number of methoxy groups -OCH3 is 1. The van der Waals surface area contributed by atoms with Crippen molar-refractivity contribution in [2.24, 2.45) is 14.1 Å². The number of aromatic nitrogens is 8. The van der Waals surface area contributed by atoms with Crippen molar-refractivity contribution < 1.29 is 9.53 Å². The van der Waals surface area contributed by atoms with Crippen LogP contribution >= 0.6 is 0 Å². The van der Waals surface area contributed by atoms with E-state index in [0.717, 1.165) is 11.3 Å². The predicted molar refractivity (Wildman–Crippen MR) is 143 cm³/mol. The Bertz CT molecular complexity index is 1590. The van der Waals surface area contributed by atoms with Crippen molar-refractivity contribution in [2.75, 3.05) is 17.7 Å². The van der Waals surface area contributed by atoms with E-state index >= 15 is 0 Å². The number of nitrogens with one attached hydrogen (secondary N) is 2. The van der Waals surface area contributed by atoms with Crippen LogP contribution in [0.1, 0.15) is 23.7 Å². The minimum absolute atomic E-state index is 0.0640. The largest absolute Gasteiger partial charge is 0.492 e. The summed E-state index contributed by atoms with van der Waals surface area (Å²) in [6.45, 7) is 1.80. The summed E-state index contributed by atoms with van der Waals surface area (Å²) in [5.74, 6) is 2.39. The van der Waals surface area contributed by atoms with E-state index in [-0.39, 0.29) is 5.78 Å². The zero-order valence-corrected chi connectivity index (χ0v) is 21.4. The van der Waals surface area contributed by atoms with Crippen molar-refractivity contribution in [1.82, 2.24) is 39.3 Å². The number of rotatable bonds is 9. The molecule has 0 aliphatic heterocycles. The Morgan fingerprint density at radius 2 is 1.82 bits per heavy atom. The molecule has 0 radical (unpaired) electrons. The Kier molecular flexibility index (Phi) is 6.76. The molecule has 0 aliphatic carbocycles. The van der Waals surface area contributed by atoms with Crippen molar-refractivity contribution in [3.05, 3.63) is 67.3 Å². The lowest BCUT2D eigenvalue weighted by Crippen LogP contribution is -2.07. The third-order valence-electron chi connectivity index (χ3n) is 5.75. The number of imidazole rings is 1. The molecule has 0 atom stereocenters. The van der Waals surface area contributed by atoms with Crippen molar-refractivity contribution in [3.63, 3.8) is 0 Å². The summed E-state index contributed by atoms with van der Waals surface area (Å²) in [7, 11) is 5.26. The molecule has 12 heteroatoms. The molecule has 0 aliphatic rings. The summed E-state index contributed by atoms with van der Waals surface area (Å²) >= 11 is 0. The van der Waals surface area contributed by atoms with Crippen LogP contribution in [-0.4, -0.2) is 52.2 Å². The van der Waals surface area contributed by atoms with Crippen LogP contribution < -0.4 is 15.4 Å². The maximum atomic E-state index is 12.7. The molecule has 192 valence electrons. The lowest BCUT2D eigenvalue weighted by Gasteiger charge is -2.16. The molecule has 0 saturated carbocycles. The molecule has 0 saturated heterocycles. The van der Waals surface area contributed by atoms with E-state index in [2.05, 4.69) is 40.7 Å². The van der Waals surface area contributed by atoms with Gasteiger partial charge in [0, 0.05) is 56.9 Å². The van der Waals surface area contributed by atoms with Crippen molar-refractivity contribution in [3.8, 4) is 28.4 Å². The van der Waals surface area contributed by atoms with Crippen LogP contribution in [0.25, 0.3) is 22.6 Å². The molecule has 0 unspecified atom stereocenters. The Morgan fingerprint density at radius 3 is 2.47 bits per heavy atom. The molecule has 38 heavy (non-hydrogen) atoms. The number of ether oxygens (including phenoxy) is 1. The molecule has 5 heterocycles. The van der Waals surface area contributed by atoms with Gasteiger partial charge in [-0.05, 0) is 18.2 Å². The number of carbonyl (C=O) groups is 1. The summed E-state index contributed by atoms with van der Waals surface area (Å²) < 4.78 is 9.16. The Balaban J connectivity index is 1.45. The predicted octanol–water partition coefficient (Wildman–Crippen LogP) is 4.16. The number of nitrogens with zero attached hydrogens (tertiary/aromatic N) is 8. The molecule has 2 N–H and O–H groups in total. The standard InChI is InChI=1S/C26H26N10O2/c1-5-21(37)18-12-29-23(33-22-7-6-16(11-28-22)20-13-35(2)14-30-20)10-19(18)32-26-24(38-4)17(8-9-27-26)25-31-15-36(3)34-25/h6-15H,5H2,1-4H3,(H2,27,28,29,32,33). The number of aryl methyl sites for hydroxylation is 2. The number of pyridine rings is 3. The van der Waals surface area contributed by atoms with Gasteiger partial charge in [0.2, 0.25) is 0 Å². The second kappa shape index (κ2) is 10.5. The summed E-state index contributed by atoms with van der Waals surface area (Å²) in [6.07, 6.45) is 10.5. The summed E-state index contributed by atoms with van der Waals surface area (Å²) in [6, 6.07) is 7.29. The first kappa shape index (κ1) is 24.6. The van der Waals surface area contributed by atoms with Gasteiger partial charge in [0.05, 0.1) is 35.9 Å². The fraction of sp³-hybridized carbons (Fsp3) is 0.192. The summed E-state index contributed by atoms with van der Waals surface area (Å²) in [5, 5.41) is 10.8. The third kappa shape index (κ3) is 5.05. The highest BCUT2D eigenvalue weighted by Gasteiger charge is 2.19. The van der Waals surface area contributed by atoms with Gasteiger partial charge in [-0.15, -0.1) is 0 Å². The SMILES string of the molecule is CCC(=O)c1cnc(Nc2ccc(-c3cn(C)cn3)cn2)cc1Nc1nccc(-c2ncn(C)n2)c1OC. The van der Waals surface area contributed by atoms with Crippen LogP contribution in [0.15, 0.2) is 61.7 Å². The van der Waals surface area contributed by atoms with E-state index in [1.165, 1.54) is 6.20 Å². The maximum Gasteiger partial charge on any atom is 0.185 e.